The fraction of sp³-hybridized carbons (Fsp3) is 0.600. The molecule has 0 bridgehead atoms. The van der Waals surface area contributed by atoms with E-state index >= 15 is 0 Å². The molecule has 1 heterocycles. The summed E-state index contributed by atoms with van der Waals surface area (Å²) in [5.41, 5.74) is 7.31. The largest absolute Gasteiger partial charge is 0.382 e. The second-order valence-corrected chi connectivity index (χ2v) is 6.32. The van der Waals surface area contributed by atoms with Gasteiger partial charge in [0.25, 0.3) is 5.91 Å². The molecule has 1 aromatic rings. The van der Waals surface area contributed by atoms with Crippen LogP contribution in [0.1, 0.15) is 48.7 Å². The van der Waals surface area contributed by atoms with Crippen LogP contribution >= 0.6 is 11.3 Å². The quantitative estimate of drug-likeness (QED) is 0.793. The minimum Gasteiger partial charge on any atom is -0.382 e. The van der Waals surface area contributed by atoms with Crippen molar-refractivity contribution in [2.45, 2.75) is 39.0 Å². The molecular formula is C15H24N4OS. The van der Waals surface area contributed by atoms with Crippen LogP contribution in [0.5, 0.6) is 0 Å². The van der Waals surface area contributed by atoms with E-state index in [0.29, 0.717) is 17.2 Å². The van der Waals surface area contributed by atoms with E-state index in [9.17, 15) is 4.79 Å². The van der Waals surface area contributed by atoms with Gasteiger partial charge in [-0.25, -0.2) is 4.98 Å². The van der Waals surface area contributed by atoms with Crippen molar-refractivity contribution >= 4 is 28.2 Å². The number of nitrogen functional groups attached to an aromatic ring is 1. The number of carbonyl (C=O) groups excluding carboxylic acids is 1. The van der Waals surface area contributed by atoms with E-state index in [1.807, 2.05) is 18.9 Å². The molecule has 0 atom stereocenters. The fourth-order valence-corrected chi connectivity index (χ4v) is 3.26. The van der Waals surface area contributed by atoms with Crippen molar-refractivity contribution in [1.29, 1.82) is 0 Å². The van der Waals surface area contributed by atoms with Gasteiger partial charge in [0.05, 0.1) is 0 Å². The normalized spacial score (nSPS) is 14.7. The Morgan fingerprint density at radius 3 is 3.00 bits per heavy atom. The molecule has 1 aromatic heterocycles. The number of thiazole rings is 1. The lowest BCUT2D eigenvalue weighted by Crippen LogP contribution is -2.24. The SMILES string of the molecule is CCN(C)c1nc(N)c(C(=O)NCCC2=CCCCC2)s1. The van der Waals surface area contributed by atoms with Crippen molar-refractivity contribution in [3.63, 3.8) is 0 Å². The number of nitrogens with two attached hydrogens (primary N) is 1. The topological polar surface area (TPSA) is 71.2 Å². The molecule has 0 radical (unpaired) electrons. The summed E-state index contributed by atoms with van der Waals surface area (Å²) >= 11 is 1.35. The molecule has 0 saturated carbocycles. The molecule has 21 heavy (non-hydrogen) atoms. The van der Waals surface area contributed by atoms with Crippen molar-refractivity contribution in [3.05, 3.63) is 16.5 Å². The van der Waals surface area contributed by atoms with Crippen LogP contribution in [-0.2, 0) is 0 Å². The number of amides is 1. The molecule has 116 valence electrons. The molecule has 0 spiro atoms. The Bertz CT molecular complexity index is 524. The van der Waals surface area contributed by atoms with Crippen molar-refractivity contribution in [2.75, 3.05) is 30.8 Å². The summed E-state index contributed by atoms with van der Waals surface area (Å²) < 4.78 is 0. The Hall–Kier alpha value is -1.56. The van der Waals surface area contributed by atoms with Crippen LogP contribution in [0.3, 0.4) is 0 Å². The Kier molecular flexibility index (Phi) is 5.61. The molecule has 2 rings (SSSR count). The Balaban J connectivity index is 1.88. The fourth-order valence-electron chi connectivity index (χ4n) is 2.33. The highest BCUT2D eigenvalue weighted by atomic mass is 32.1. The van der Waals surface area contributed by atoms with Crippen molar-refractivity contribution in [2.24, 2.45) is 0 Å². The Morgan fingerprint density at radius 1 is 1.52 bits per heavy atom. The van der Waals surface area contributed by atoms with Crippen LogP contribution in [0.25, 0.3) is 0 Å². The van der Waals surface area contributed by atoms with Gasteiger partial charge in [-0.3, -0.25) is 4.79 Å². The standard InChI is InChI=1S/C15H24N4OS/c1-3-19(2)15-18-13(16)12(21-15)14(20)17-10-9-11-7-5-4-6-8-11/h7H,3-6,8-10,16H2,1-2H3,(H,17,20). The average Bonchev–Trinajstić information content (AvgIpc) is 2.89. The van der Waals surface area contributed by atoms with Crippen LogP contribution in [0.2, 0.25) is 0 Å². The highest BCUT2D eigenvalue weighted by Gasteiger charge is 2.17. The number of anilines is 2. The highest BCUT2D eigenvalue weighted by Crippen LogP contribution is 2.27. The smallest absolute Gasteiger partial charge is 0.265 e. The number of hydrogen-bond acceptors (Lipinski definition) is 5. The molecule has 6 heteroatoms. The van der Waals surface area contributed by atoms with E-state index in [4.69, 9.17) is 5.73 Å². The van der Waals surface area contributed by atoms with Gasteiger partial charge in [-0.2, -0.15) is 0 Å². The number of nitrogens with one attached hydrogen (secondary N) is 1. The van der Waals surface area contributed by atoms with Crippen LogP contribution < -0.4 is 16.0 Å². The lowest BCUT2D eigenvalue weighted by molar-refractivity contribution is 0.0958. The number of rotatable bonds is 6. The van der Waals surface area contributed by atoms with E-state index in [0.717, 1.165) is 18.1 Å². The van der Waals surface area contributed by atoms with Crippen LogP contribution in [0, 0.1) is 0 Å². The molecule has 5 nitrogen and oxygen atoms in total. The Morgan fingerprint density at radius 2 is 2.33 bits per heavy atom. The summed E-state index contributed by atoms with van der Waals surface area (Å²) in [5.74, 6) is 0.210. The number of aromatic nitrogens is 1. The number of nitrogens with zero attached hydrogens (tertiary/aromatic N) is 2. The number of carbonyl (C=O) groups is 1. The first-order valence-electron chi connectivity index (χ1n) is 7.55. The summed E-state index contributed by atoms with van der Waals surface area (Å²) in [6, 6.07) is 0. The first-order valence-corrected chi connectivity index (χ1v) is 8.37. The van der Waals surface area contributed by atoms with E-state index in [-0.39, 0.29) is 5.91 Å². The predicted octanol–water partition coefficient (Wildman–Crippen LogP) is 2.80. The summed E-state index contributed by atoms with van der Waals surface area (Å²) in [7, 11) is 1.94. The second-order valence-electron chi connectivity index (χ2n) is 5.34. The third-order valence-electron chi connectivity index (χ3n) is 3.77. The van der Waals surface area contributed by atoms with Crippen molar-refractivity contribution in [3.8, 4) is 0 Å². The summed E-state index contributed by atoms with van der Waals surface area (Å²) in [6.07, 6.45) is 8.16. The van der Waals surface area contributed by atoms with Gasteiger partial charge in [0.1, 0.15) is 10.7 Å². The van der Waals surface area contributed by atoms with E-state index in [1.54, 1.807) is 0 Å². The van der Waals surface area contributed by atoms with Crippen molar-refractivity contribution in [1.82, 2.24) is 10.3 Å². The molecule has 3 N–H and O–H groups in total. The molecule has 0 aromatic carbocycles. The van der Waals surface area contributed by atoms with Gasteiger partial charge >= 0.3 is 0 Å². The van der Waals surface area contributed by atoms with Crippen LogP contribution in [-0.4, -0.2) is 31.0 Å². The minimum absolute atomic E-state index is 0.114. The van der Waals surface area contributed by atoms with E-state index < -0.39 is 0 Å². The van der Waals surface area contributed by atoms with Gasteiger partial charge in [-0.15, -0.1) is 0 Å². The average molecular weight is 308 g/mol. The second kappa shape index (κ2) is 7.45. The van der Waals surface area contributed by atoms with Crippen molar-refractivity contribution < 1.29 is 4.79 Å². The first kappa shape index (κ1) is 15.8. The number of hydrogen-bond donors (Lipinski definition) is 2. The third-order valence-corrected chi connectivity index (χ3v) is 4.95. The molecule has 0 aliphatic heterocycles. The highest BCUT2D eigenvalue weighted by molar-refractivity contribution is 7.18. The van der Waals surface area contributed by atoms with Gasteiger partial charge < -0.3 is 16.0 Å². The predicted molar refractivity (Wildman–Crippen MR) is 89.0 cm³/mol. The van der Waals surface area contributed by atoms with Crippen LogP contribution in [0.15, 0.2) is 11.6 Å². The van der Waals surface area contributed by atoms with Gasteiger partial charge in [-0.1, -0.05) is 23.0 Å². The summed E-state index contributed by atoms with van der Waals surface area (Å²) in [4.78, 5) is 18.9. The van der Waals surface area contributed by atoms with Gasteiger partial charge in [0, 0.05) is 20.1 Å². The van der Waals surface area contributed by atoms with E-state index in [2.05, 4.69) is 16.4 Å². The molecular weight excluding hydrogens is 284 g/mol. The Labute approximate surface area is 130 Å². The maximum absolute atomic E-state index is 12.2. The monoisotopic (exact) mass is 308 g/mol. The maximum atomic E-state index is 12.2. The van der Waals surface area contributed by atoms with Gasteiger partial charge in [0.2, 0.25) is 0 Å². The first-order chi connectivity index (χ1) is 10.1. The molecule has 1 aliphatic carbocycles. The minimum atomic E-state index is -0.114. The molecule has 0 fully saturated rings. The summed E-state index contributed by atoms with van der Waals surface area (Å²) in [6.45, 7) is 3.54. The number of allylic oxidation sites excluding steroid dienone is 1. The van der Waals surface area contributed by atoms with Gasteiger partial charge in [0.15, 0.2) is 5.13 Å². The third kappa shape index (κ3) is 4.20. The molecule has 1 aliphatic rings. The van der Waals surface area contributed by atoms with E-state index in [1.165, 1.54) is 42.6 Å². The van der Waals surface area contributed by atoms with Crippen LogP contribution in [0.4, 0.5) is 10.9 Å². The van der Waals surface area contributed by atoms with Gasteiger partial charge in [-0.05, 0) is 39.0 Å². The maximum Gasteiger partial charge on any atom is 0.265 e. The lowest BCUT2D eigenvalue weighted by Gasteiger charge is -2.12. The molecule has 0 saturated heterocycles. The molecule has 1 amide bonds. The zero-order valence-corrected chi connectivity index (χ0v) is 13.6. The zero-order chi connectivity index (χ0) is 15.2. The lowest BCUT2D eigenvalue weighted by atomic mass is 9.97. The zero-order valence-electron chi connectivity index (χ0n) is 12.8. The summed E-state index contributed by atoms with van der Waals surface area (Å²) in [5, 5.41) is 3.74. The molecule has 0 unspecified atom stereocenters.